The number of alkyl halides is 2. The van der Waals surface area contributed by atoms with Crippen molar-refractivity contribution in [3.05, 3.63) is 35.4 Å². The van der Waals surface area contributed by atoms with Crippen LogP contribution in [0.4, 0.5) is 0 Å². The molecule has 106 valence electrons. The van der Waals surface area contributed by atoms with E-state index in [4.69, 9.17) is 4.74 Å². The summed E-state index contributed by atoms with van der Waals surface area (Å²) in [6, 6.07) is 8.86. The molecule has 1 aliphatic heterocycles. The third-order valence-electron chi connectivity index (χ3n) is 4.08. The highest BCUT2D eigenvalue weighted by Crippen LogP contribution is 2.37. The number of rotatable bonds is 5. The molecule has 1 fully saturated rings. The summed E-state index contributed by atoms with van der Waals surface area (Å²) in [5.41, 5.74) is 2.86. The Morgan fingerprint density at radius 3 is 2.53 bits per heavy atom. The van der Waals surface area contributed by atoms with Crippen molar-refractivity contribution in [3.8, 4) is 0 Å². The van der Waals surface area contributed by atoms with Crippen molar-refractivity contribution in [2.24, 2.45) is 0 Å². The number of hydrogen-bond donors (Lipinski definition) is 0. The van der Waals surface area contributed by atoms with Crippen LogP contribution in [0.2, 0.25) is 0 Å². The van der Waals surface area contributed by atoms with E-state index in [0.717, 1.165) is 17.1 Å². The van der Waals surface area contributed by atoms with Crippen molar-refractivity contribution in [1.29, 1.82) is 0 Å². The molecule has 0 spiro atoms. The first-order chi connectivity index (χ1) is 9.09. The topological polar surface area (TPSA) is 9.23 Å². The van der Waals surface area contributed by atoms with Crippen molar-refractivity contribution < 1.29 is 4.74 Å². The van der Waals surface area contributed by atoms with Gasteiger partial charge >= 0.3 is 0 Å². The lowest BCUT2D eigenvalue weighted by Gasteiger charge is -2.33. The first-order valence-corrected chi connectivity index (χ1v) is 9.18. The van der Waals surface area contributed by atoms with Crippen LogP contribution in [0.25, 0.3) is 0 Å². The maximum atomic E-state index is 6.03. The maximum absolute atomic E-state index is 6.03. The maximum Gasteiger partial charge on any atom is 0.0588 e. The van der Waals surface area contributed by atoms with Gasteiger partial charge in [-0.3, -0.25) is 0 Å². The molecule has 1 saturated heterocycles. The fourth-order valence-electron chi connectivity index (χ4n) is 2.86. The van der Waals surface area contributed by atoms with Gasteiger partial charge in [-0.1, -0.05) is 61.7 Å². The van der Waals surface area contributed by atoms with Gasteiger partial charge in [0.25, 0.3) is 0 Å². The predicted octanol–water partition coefficient (Wildman–Crippen LogP) is 4.98. The standard InChI is InChI=1S/C16H22Br2O/c1-12-4-3-5-14(8-12)16(10-17,11-18)9-15-7-6-13(2)19-15/h3-5,8,13,15H,6-7,9-11H2,1-2H3. The molecule has 1 heterocycles. The molecule has 0 amide bonds. The summed E-state index contributed by atoms with van der Waals surface area (Å²) in [5, 5.41) is 1.92. The summed E-state index contributed by atoms with van der Waals surface area (Å²) in [5.74, 6) is 0. The Morgan fingerprint density at radius 1 is 1.26 bits per heavy atom. The quantitative estimate of drug-likeness (QED) is 0.645. The highest BCUT2D eigenvalue weighted by atomic mass is 79.9. The van der Waals surface area contributed by atoms with E-state index in [9.17, 15) is 0 Å². The second-order valence-corrected chi connectivity index (χ2v) is 6.89. The molecule has 2 rings (SSSR count). The lowest BCUT2D eigenvalue weighted by molar-refractivity contribution is 0.0405. The Kier molecular flexibility index (Phi) is 5.50. The summed E-state index contributed by atoms with van der Waals surface area (Å²) in [4.78, 5) is 0. The summed E-state index contributed by atoms with van der Waals surface area (Å²) in [7, 11) is 0. The molecule has 1 nitrogen and oxygen atoms in total. The molecule has 0 aliphatic carbocycles. The van der Waals surface area contributed by atoms with E-state index in [-0.39, 0.29) is 5.41 Å². The third kappa shape index (κ3) is 3.62. The number of aryl methyl sites for hydroxylation is 1. The van der Waals surface area contributed by atoms with Crippen LogP contribution < -0.4 is 0 Å². The summed E-state index contributed by atoms with van der Waals surface area (Å²) >= 11 is 7.46. The molecular weight excluding hydrogens is 368 g/mol. The number of benzene rings is 1. The van der Waals surface area contributed by atoms with E-state index in [1.165, 1.54) is 24.0 Å². The molecule has 0 N–H and O–H groups in total. The summed E-state index contributed by atoms with van der Waals surface area (Å²) in [6.07, 6.45) is 4.28. The van der Waals surface area contributed by atoms with E-state index in [2.05, 4.69) is 70.0 Å². The summed E-state index contributed by atoms with van der Waals surface area (Å²) in [6.45, 7) is 4.33. The van der Waals surface area contributed by atoms with Crippen molar-refractivity contribution in [2.45, 2.75) is 50.7 Å². The van der Waals surface area contributed by atoms with Crippen LogP contribution in [-0.2, 0) is 10.2 Å². The monoisotopic (exact) mass is 388 g/mol. The van der Waals surface area contributed by atoms with Crippen LogP contribution in [0.5, 0.6) is 0 Å². The van der Waals surface area contributed by atoms with Crippen LogP contribution >= 0.6 is 31.9 Å². The molecule has 19 heavy (non-hydrogen) atoms. The SMILES string of the molecule is Cc1cccc(C(CBr)(CBr)CC2CCC(C)O2)c1. The fraction of sp³-hybridized carbons (Fsp3) is 0.625. The van der Waals surface area contributed by atoms with Crippen molar-refractivity contribution >= 4 is 31.9 Å². The number of ether oxygens (including phenoxy) is 1. The van der Waals surface area contributed by atoms with Gasteiger partial charge in [0.05, 0.1) is 12.2 Å². The lowest BCUT2D eigenvalue weighted by Crippen LogP contribution is -2.35. The first-order valence-electron chi connectivity index (χ1n) is 6.94. The van der Waals surface area contributed by atoms with Crippen LogP contribution in [0.1, 0.15) is 37.3 Å². The molecule has 2 unspecified atom stereocenters. The molecule has 1 aliphatic rings. The molecular formula is C16H22Br2O. The smallest absolute Gasteiger partial charge is 0.0588 e. The Morgan fingerprint density at radius 2 is 2.00 bits per heavy atom. The Bertz CT molecular complexity index is 415. The molecule has 0 saturated carbocycles. The van der Waals surface area contributed by atoms with E-state index < -0.39 is 0 Å². The van der Waals surface area contributed by atoms with Gasteiger partial charge in [0.1, 0.15) is 0 Å². The van der Waals surface area contributed by atoms with Crippen LogP contribution in [0.15, 0.2) is 24.3 Å². The Hall–Kier alpha value is 0.140. The van der Waals surface area contributed by atoms with Gasteiger partial charge < -0.3 is 4.74 Å². The zero-order valence-electron chi connectivity index (χ0n) is 11.7. The second kappa shape index (κ2) is 6.73. The minimum Gasteiger partial charge on any atom is -0.375 e. The van der Waals surface area contributed by atoms with Crippen LogP contribution in [-0.4, -0.2) is 22.9 Å². The lowest BCUT2D eigenvalue weighted by atomic mass is 9.78. The van der Waals surface area contributed by atoms with E-state index in [1.807, 2.05) is 0 Å². The zero-order chi connectivity index (χ0) is 13.9. The molecule has 0 radical (unpaired) electrons. The van der Waals surface area contributed by atoms with Gasteiger partial charge in [-0.25, -0.2) is 0 Å². The first kappa shape index (κ1) is 15.5. The number of halogens is 2. The minimum absolute atomic E-state index is 0.126. The molecule has 2 atom stereocenters. The molecule has 3 heteroatoms. The normalized spacial score (nSPS) is 23.8. The predicted molar refractivity (Wildman–Crippen MR) is 88.6 cm³/mol. The average molecular weight is 390 g/mol. The van der Waals surface area contributed by atoms with E-state index in [0.29, 0.717) is 12.2 Å². The highest BCUT2D eigenvalue weighted by Gasteiger charge is 2.36. The third-order valence-corrected chi connectivity index (χ3v) is 6.23. The largest absolute Gasteiger partial charge is 0.375 e. The fourth-order valence-corrected chi connectivity index (χ4v) is 4.90. The Balaban J connectivity index is 2.21. The number of hydrogen-bond acceptors (Lipinski definition) is 1. The molecule has 1 aromatic rings. The van der Waals surface area contributed by atoms with Crippen molar-refractivity contribution in [1.82, 2.24) is 0 Å². The van der Waals surface area contributed by atoms with Crippen molar-refractivity contribution in [3.63, 3.8) is 0 Å². The minimum atomic E-state index is 0.126. The average Bonchev–Trinajstić information content (AvgIpc) is 2.81. The molecule has 0 bridgehead atoms. The Labute approximate surface area is 133 Å². The molecule has 0 aromatic heterocycles. The van der Waals surface area contributed by atoms with Gasteiger partial charge in [0, 0.05) is 16.1 Å². The van der Waals surface area contributed by atoms with Gasteiger partial charge in [-0.2, -0.15) is 0 Å². The van der Waals surface area contributed by atoms with Gasteiger partial charge in [0.2, 0.25) is 0 Å². The second-order valence-electron chi connectivity index (χ2n) is 5.77. The van der Waals surface area contributed by atoms with E-state index in [1.54, 1.807) is 0 Å². The van der Waals surface area contributed by atoms with Crippen LogP contribution in [0.3, 0.4) is 0 Å². The highest BCUT2D eigenvalue weighted by molar-refractivity contribution is 9.09. The van der Waals surface area contributed by atoms with Crippen LogP contribution in [0, 0.1) is 6.92 Å². The summed E-state index contributed by atoms with van der Waals surface area (Å²) < 4.78 is 6.03. The molecule has 1 aromatic carbocycles. The zero-order valence-corrected chi connectivity index (χ0v) is 14.8. The van der Waals surface area contributed by atoms with Gasteiger partial charge in [-0.15, -0.1) is 0 Å². The van der Waals surface area contributed by atoms with Gasteiger partial charge in [0.15, 0.2) is 0 Å². The van der Waals surface area contributed by atoms with E-state index >= 15 is 0 Å². The van der Waals surface area contributed by atoms with Crippen molar-refractivity contribution in [2.75, 3.05) is 10.7 Å². The van der Waals surface area contributed by atoms with Gasteiger partial charge in [-0.05, 0) is 38.7 Å².